The Kier molecular flexibility index (Phi) is 3.32. The van der Waals surface area contributed by atoms with Gasteiger partial charge in [-0.3, -0.25) is 9.36 Å². The smallest absolute Gasteiger partial charge is 0.292 e. The fraction of sp³-hybridized carbons (Fsp3) is 0.154. The molecule has 1 heterocycles. The zero-order valence-electron chi connectivity index (χ0n) is 9.76. The quantitative estimate of drug-likeness (QED) is 0.772. The van der Waals surface area contributed by atoms with E-state index in [4.69, 9.17) is 0 Å². The molecular weight excluding hydrogens is 235 g/mol. The van der Waals surface area contributed by atoms with Gasteiger partial charge in [-0.2, -0.15) is 0 Å². The van der Waals surface area contributed by atoms with Crippen molar-refractivity contribution in [1.82, 2.24) is 9.55 Å². The van der Waals surface area contributed by atoms with Crippen molar-refractivity contribution >= 4 is 5.78 Å². The van der Waals surface area contributed by atoms with Crippen molar-refractivity contribution in [2.45, 2.75) is 13.5 Å². The number of carbonyl (C=O) groups is 1. The van der Waals surface area contributed by atoms with Crippen molar-refractivity contribution in [2.75, 3.05) is 0 Å². The summed E-state index contributed by atoms with van der Waals surface area (Å²) in [5, 5.41) is 0. The van der Waals surface area contributed by atoms with Gasteiger partial charge >= 0.3 is 5.69 Å². The maximum absolute atomic E-state index is 13.4. The molecule has 4 nitrogen and oxygen atoms in total. The summed E-state index contributed by atoms with van der Waals surface area (Å²) >= 11 is 0. The molecule has 0 aliphatic carbocycles. The number of Topliss-reactive ketones (excluding diaryl/α,β-unsaturated/α-hetero) is 1. The molecule has 0 spiro atoms. The maximum Gasteiger partial charge on any atom is 0.347 e. The summed E-state index contributed by atoms with van der Waals surface area (Å²) < 4.78 is 14.6. The first-order chi connectivity index (χ1) is 8.58. The first-order valence-electron chi connectivity index (χ1n) is 5.39. The highest BCUT2D eigenvalue weighted by Gasteiger charge is 2.12. The molecule has 92 valence electrons. The first-order valence-corrected chi connectivity index (χ1v) is 5.39. The number of aryl methyl sites for hydroxylation is 1. The zero-order chi connectivity index (χ0) is 13.1. The zero-order valence-corrected chi connectivity index (χ0v) is 9.76. The van der Waals surface area contributed by atoms with Gasteiger partial charge in [-0.25, -0.2) is 14.2 Å². The van der Waals surface area contributed by atoms with Crippen LogP contribution in [0, 0.1) is 12.7 Å². The molecule has 0 N–H and O–H groups in total. The molecule has 0 aliphatic heterocycles. The van der Waals surface area contributed by atoms with Gasteiger partial charge in [0, 0.05) is 12.4 Å². The van der Waals surface area contributed by atoms with Gasteiger partial charge in [0.2, 0.25) is 0 Å². The number of halogens is 1. The highest BCUT2D eigenvalue weighted by atomic mass is 19.1. The lowest BCUT2D eigenvalue weighted by Crippen LogP contribution is -2.26. The van der Waals surface area contributed by atoms with Crippen molar-refractivity contribution < 1.29 is 9.18 Å². The van der Waals surface area contributed by atoms with E-state index in [0.717, 1.165) is 5.56 Å². The highest BCUT2D eigenvalue weighted by Crippen LogP contribution is 2.08. The maximum atomic E-state index is 13.4. The van der Waals surface area contributed by atoms with Gasteiger partial charge in [-0.1, -0.05) is 12.1 Å². The largest absolute Gasteiger partial charge is 0.347 e. The number of aromatic nitrogens is 2. The lowest BCUT2D eigenvalue weighted by Gasteiger charge is -2.05. The van der Waals surface area contributed by atoms with Crippen LogP contribution in [0.3, 0.4) is 0 Å². The molecule has 2 rings (SSSR count). The van der Waals surface area contributed by atoms with Gasteiger partial charge in [-0.05, 0) is 24.6 Å². The minimum absolute atomic E-state index is 0.0223. The predicted molar refractivity (Wildman–Crippen MR) is 64.0 cm³/mol. The summed E-state index contributed by atoms with van der Waals surface area (Å²) in [5.41, 5.74) is 0.215. The van der Waals surface area contributed by atoms with E-state index in [1.54, 1.807) is 13.0 Å². The molecule has 18 heavy (non-hydrogen) atoms. The van der Waals surface area contributed by atoms with E-state index in [1.165, 1.54) is 35.2 Å². The fourth-order valence-electron chi connectivity index (χ4n) is 1.61. The van der Waals surface area contributed by atoms with Crippen LogP contribution >= 0.6 is 0 Å². The fourth-order valence-corrected chi connectivity index (χ4v) is 1.61. The van der Waals surface area contributed by atoms with Crippen LogP contribution in [0.25, 0.3) is 0 Å². The topological polar surface area (TPSA) is 52.0 Å². The lowest BCUT2D eigenvalue weighted by atomic mass is 10.1. The summed E-state index contributed by atoms with van der Waals surface area (Å²) in [6.45, 7) is 1.55. The Balaban J connectivity index is 2.30. The van der Waals surface area contributed by atoms with E-state index in [1.807, 2.05) is 0 Å². The molecule has 2 aromatic rings. The lowest BCUT2D eigenvalue weighted by molar-refractivity contribution is 0.0966. The second kappa shape index (κ2) is 4.91. The number of rotatable bonds is 3. The molecule has 0 bridgehead atoms. The minimum atomic E-state index is -0.587. The summed E-state index contributed by atoms with van der Waals surface area (Å²) in [6, 6.07) is 5.69. The molecular formula is C13H11FN2O2. The average molecular weight is 246 g/mol. The third-order valence-corrected chi connectivity index (χ3v) is 2.47. The summed E-state index contributed by atoms with van der Waals surface area (Å²) in [4.78, 5) is 26.9. The number of ketones is 1. The van der Waals surface area contributed by atoms with Crippen molar-refractivity contribution in [3.05, 3.63) is 64.1 Å². The number of hydrogen-bond acceptors (Lipinski definition) is 3. The Morgan fingerprint density at radius 1 is 1.39 bits per heavy atom. The van der Waals surface area contributed by atoms with Gasteiger partial charge in [-0.15, -0.1) is 0 Å². The van der Waals surface area contributed by atoms with Crippen LogP contribution in [0.2, 0.25) is 0 Å². The van der Waals surface area contributed by atoms with Crippen molar-refractivity contribution in [1.29, 1.82) is 0 Å². The number of benzene rings is 1. The Morgan fingerprint density at radius 2 is 2.11 bits per heavy atom. The van der Waals surface area contributed by atoms with Gasteiger partial charge in [0.05, 0.1) is 12.1 Å². The van der Waals surface area contributed by atoms with Gasteiger partial charge in [0.25, 0.3) is 0 Å². The second-order valence-corrected chi connectivity index (χ2v) is 3.94. The normalized spacial score (nSPS) is 10.3. The third kappa shape index (κ3) is 2.51. The Bertz CT molecular complexity index is 649. The van der Waals surface area contributed by atoms with Crippen LogP contribution in [0.15, 0.2) is 41.5 Å². The molecule has 0 saturated carbocycles. The van der Waals surface area contributed by atoms with Crippen LogP contribution in [-0.4, -0.2) is 15.3 Å². The Labute approximate surface area is 103 Å². The van der Waals surface area contributed by atoms with Crippen molar-refractivity contribution in [2.24, 2.45) is 0 Å². The van der Waals surface area contributed by atoms with Crippen LogP contribution < -0.4 is 5.69 Å². The SMILES string of the molecule is Cc1cnc(=O)n(CC(=O)c2ccccc2F)c1. The molecule has 0 atom stereocenters. The average Bonchev–Trinajstić information content (AvgIpc) is 2.34. The van der Waals surface area contributed by atoms with E-state index in [0.29, 0.717) is 0 Å². The van der Waals surface area contributed by atoms with E-state index in [9.17, 15) is 14.0 Å². The molecule has 1 aromatic heterocycles. The van der Waals surface area contributed by atoms with Crippen molar-refractivity contribution in [3.8, 4) is 0 Å². The minimum Gasteiger partial charge on any atom is -0.292 e. The van der Waals surface area contributed by atoms with Crippen LogP contribution in [0.4, 0.5) is 4.39 Å². The summed E-state index contributed by atoms with van der Waals surface area (Å²) in [6.07, 6.45) is 2.94. The number of carbonyl (C=O) groups excluding carboxylic acids is 1. The molecule has 5 heteroatoms. The molecule has 0 aliphatic rings. The van der Waals surface area contributed by atoms with E-state index in [-0.39, 0.29) is 12.1 Å². The van der Waals surface area contributed by atoms with Gasteiger partial charge < -0.3 is 0 Å². The molecule has 0 unspecified atom stereocenters. The summed E-state index contributed by atoms with van der Waals surface area (Å²) in [5.74, 6) is -1.04. The monoisotopic (exact) mass is 246 g/mol. The summed E-state index contributed by atoms with van der Waals surface area (Å²) in [7, 11) is 0. The third-order valence-electron chi connectivity index (χ3n) is 2.47. The van der Waals surface area contributed by atoms with Crippen LogP contribution in [-0.2, 0) is 6.54 Å². The van der Waals surface area contributed by atoms with Crippen molar-refractivity contribution in [3.63, 3.8) is 0 Å². The van der Waals surface area contributed by atoms with E-state index < -0.39 is 17.3 Å². The van der Waals surface area contributed by atoms with E-state index >= 15 is 0 Å². The molecule has 0 radical (unpaired) electrons. The van der Waals surface area contributed by atoms with Gasteiger partial charge in [0.15, 0.2) is 5.78 Å². The second-order valence-electron chi connectivity index (χ2n) is 3.94. The Morgan fingerprint density at radius 3 is 2.83 bits per heavy atom. The molecule has 0 fully saturated rings. The predicted octanol–water partition coefficient (Wildman–Crippen LogP) is 1.57. The molecule has 1 aromatic carbocycles. The highest BCUT2D eigenvalue weighted by molar-refractivity contribution is 5.96. The molecule has 0 saturated heterocycles. The molecule has 0 amide bonds. The Hall–Kier alpha value is -2.30. The first kappa shape index (κ1) is 12.2. The van der Waals surface area contributed by atoms with Gasteiger partial charge in [0.1, 0.15) is 5.82 Å². The van der Waals surface area contributed by atoms with Crippen LogP contribution in [0.1, 0.15) is 15.9 Å². The van der Waals surface area contributed by atoms with E-state index in [2.05, 4.69) is 4.98 Å². The van der Waals surface area contributed by atoms with Crippen LogP contribution in [0.5, 0.6) is 0 Å². The standard InChI is InChI=1S/C13H11FN2O2/c1-9-6-15-13(18)16(7-9)8-12(17)10-4-2-3-5-11(10)14/h2-7H,8H2,1H3. The number of nitrogens with zero attached hydrogens (tertiary/aromatic N) is 2. The number of hydrogen-bond donors (Lipinski definition) is 0.